The number of anilines is 1. The van der Waals surface area contributed by atoms with Gasteiger partial charge in [-0.2, -0.15) is 0 Å². The standard InChI is InChI=1S/C20H24N2O2/c1-13(2)17-12-8-9-14(3)18(17)22-20(24)19(23)21-15(4)16-10-6-5-7-11-16/h5-13,15H,1-4H3,(H,21,23)(H,22,24). The van der Waals surface area contributed by atoms with Crippen molar-refractivity contribution < 1.29 is 9.59 Å². The van der Waals surface area contributed by atoms with Crippen LogP contribution in [0.15, 0.2) is 48.5 Å². The van der Waals surface area contributed by atoms with Crippen LogP contribution in [-0.4, -0.2) is 11.8 Å². The van der Waals surface area contributed by atoms with Crippen molar-refractivity contribution in [2.24, 2.45) is 0 Å². The molecule has 0 heterocycles. The Balaban J connectivity index is 2.09. The minimum Gasteiger partial charge on any atom is -0.341 e. The summed E-state index contributed by atoms with van der Waals surface area (Å²) in [6.45, 7) is 7.89. The van der Waals surface area contributed by atoms with Gasteiger partial charge in [-0.3, -0.25) is 9.59 Å². The molecule has 0 aliphatic heterocycles. The van der Waals surface area contributed by atoms with Gasteiger partial charge in [0.05, 0.1) is 6.04 Å². The third kappa shape index (κ3) is 4.22. The number of para-hydroxylation sites is 1. The molecule has 0 radical (unpaired) electrons. The maximum Gasteiger partial charge on any atom is 0.313 e. The summed E-state index contributed by atoms with van der Waals surface area (Å²) in [5, 5.41) is 5.50. The van der Waals surface area contributed by atoms with Gasteiger partial charge in [-0.25, -0.2) is 0 Å². The summed E-state index contributed by atoms with van der Waals surface area (Å²) >= 11 is 0. The Kier molecular flexibility index (Phi) is 5.74. The summed E-state index contributed by atoms with van der Waals surface area (Å²) < 4.78 is 0. The van der Waals surface area contributed by atoms with E-state index in [1.165, 1.54) is 0 Å². The van der Waals surface area contributed by atoms with Crippen molar-refractivity contribution in [2.45, 2.75) is 39.7 Å². The Morgan fingerprint density at radius 3 is 2.17 bits per heavy atom. The van der Waals surface area contributed by atoms with Crippen LogP contribution in [0.5, 0.6) is 0 Å². The highest BCUT2D eigenvalue weighted by Gasteiger charge is 2.19. The number of nitrogens with one attached hydrogen (secondary N) is 2. The lowest BCUT2D eigenvalue weighted by Gasteiger charge is -2.17. The summed E-state index contributed by atoms with van der Waals surface area (Å²) in [7, 11) is 0. The molecule has 0 saturated heterocycles. The summed E-state index contributed by atoms with van der Waals surface area (Å²) in [5.41, 5.74) is 3.64. The Morgan fingerprint density at radius 2 is 1.54 bits per heavy atom. The lowest BCUT2D eigenvalue weighted by atomic mass is 9.98. The summed E-state index contributed by atoms with van der Waals surface area (Å²) in [4.78, 5) is 24.5. The molecule has 0 fully saturated rings. The molecule has 1 atom stereocenters. The van der Waals surface area contributed by atoms with Gasteiger partial charge in [0.15, 0.2) is 0 Å². The van der Waals surface area contributed by atoms with Crippen LogP contribution in [0.1, 0.15) is 49.4 Å². The molecule has 0 aromatic heterocycles. The largest absolute Gasteiger partial charge is 0.341 e. The number of benzene rings is 2. The number of carbonyl (C=O) groups is 2. The third-order valence-corrected chi connectivity index (χ3v) is 4.02. The van der Waals surface area contributed by atoms with E-state index in [-0.39, 0.29) is 12.0 Å². The minimum absolute atomic E-state index is 0.231. The molecule has 2 amide bonds. The highest BCUT2D eigenvalue weighted by Crippen LogP contribution is 2.27. The second kappa shape index (κ2) is 7.77. The monoisotopic (exact) mass is 324 g/mol. The maximum atomic E-state index is 12.3. The number of rotatable bonds is 4. The zero-order chi connectivity index (χ0) is 17.7. The van der Waals surface area contributed by atoms with Gasteiger partial charge in [-0.15, -0.1) is 0 Å². The van der Waals surface area contributed by atoms with Gasteiger partial charge in [0.25, 0.3) is 0 Å². The predicted molar refractivity (Wildman–Crippen MR) is 96.9 cm³/mol. The van der Waals surface area contributed by atoms with E-state index in [1.807, 2.05) is 62.4 Å². The second-order valence-corrected chi connectivity index (χ2v) is 6.25. The fourth-order valence-electron chi connectivity index (χ4n) is 2.60. The van der Waals surface area contributed by atoms with Crippen LogP contribution in [0.25, 0.3) is 0 Å². The molecule has 1 unspecified atom stereocenters. The van der Waals surface area contributed by atoms with Crippen LogP contribution < -0.4 is 10.6 Å². The fourth-order valence-corrected chi connectivity index (χ4v) is 2.60. The fraction of sp³-hybridized carbons (Fsp3) is 0.300. The first kappa shape index (κ1) is 17.7. The van der Waals surface area contributed by atoms with Crippen LogP contribution in [0.3, 0.4) is 0 Å². The van der Waals surface area contributed by atoms with Crippen molar-refractivity contribution in [3.05, 3.63) is 65.2 Å². The van der Waals surface area contributed by atoms with Crippen LogP contribution in [0, 0.1) is 6.92 Å². The Labute approximate surface area is 143 Å². The average Bonchev–Trinajstić information content (AvgIpc) is 2.57. The molecule has 2 aromatic carbocycles. The highest BCUT2D eigenvalue weighted by atomic mass is 16.2. The van der Waals surface area contributed by atoms with Crippen LogP contribution >= 0.6 is 0 Å². The Morgan fingerprint density at radius 1 is 0.875 bits per heavy atom. The van der Waals surface area contributed by atoms with Crippen molar-refractivity contribution >= 4 is 17.5 Å². The van der Waals surface area contributed by atoms with Crippen molar-refractivity contribution in [1.82, 2.24) is 5.32 Å². The van der Waals surface area contributed by atoms with Gasteiger partial charge < -0.3 is 10.6 Å². The number of amides is 2. The first-order valence-electron chi connectivity index (χ1n) is 8.16. The molecule has 0 spiro atoms. The zero-order valence-corrected chi connectivity index (χ0v) is 14.6. The molecule has 4 heteroatoms. The van der Waals surface area contributed by atoms with Gasteiger partial charge in [-0.1, -0.05) is 62.4 Å². The van der Waals surface area contributed by atoms with Crippen molar-refractivity contribution in [3.8, 4) is 0 Å². The van der Waals surface area contributed by atoms with Gasteiger partial charge in [-0.05, 0) is 36.5 Å². The first-order chi connectivity index (χ1) is 11.4. The molecule has 2 aromatic rings. The number of aryl methyl sites for hydroxylation is 1. The van der Waals surface area contributed by atoms with Gasteiger partial charge in [0.1, 0.15) is 0 Å². The van der Waals surface area contributed by atoms with Gasteiger partial charge in [0.2, 0.25) is 0 Å². The second-order valence-electron chi connectivity index (χ2n) is 6.25. The SMILES string of the molecule is Cc1cccc(C(C)C)c1NC(=O)C(=O)NC(C)c1ccccc1. The minimum atomic E-state index is -0.644. The summed E-state index contributed by atoms with van der Waals surface area (Å²) in [6.07, 6.45) is 0. The van der Waals surface area contributed by atoms with E-state index in [0.29, 0.717) is 0 Å². The number of carbonyl (C=O) groups excluding carboxylic acids is 2. The molecule has 0 saturated carbocycles. The number of hydrogen-bond donors (Lipinski definition) is 2. The van der Waals surface area contributed by atoms with E-state index in [2.05, 4.69) is 24.5 Å². The Bertz CT molecular complexity index is 724. The van der Waals surface area contributed by atoms with Gasteiger partial charge in [0, 0.05) is 5.69 Å². The average molecular weight is 324 g/mol. The van der Waals surface area contributed by atoms with E-state index in [0.717, 1.165) is 22.4 Å². The van der Waals surface area contributed by atoms with Crippen molar-refractivity contribution in [1.29, 1.82) is 0 Å². The summed E-state index contributed by atoms with van der Waals surface area (Å²) in [6, 6.07) is 15.2. The molecule has 24 heavy (non-hydrogen) atoms. The number of hydrogen-bond acceptors (Lipinski definition) is 2. The zero-order valence-electron chi connectivity index (χ0n) is 14.6. The Hall–Kier alpha value is -2.62. The lowest BCUT2D eigenvalue weighted by molar-refractivity contribution is -0.136. The van der Waals surface area contributed by atoms with Gasteiger partial charge >= 0.3 is 11.8 Å². The quantitative estimate of drug-likeness (QED) is 0.837. The smallest absolute Gasteiger partial charge is 0.313 e. The summed E-state index contributed by atoms with van der Waals surface area (Å²) in [5.74, 6) is -1.02. The van der Waals surface area contributed by atoms with E-state index in [4.69, 9.17) is 0 Å². The maximum absolute atomic E-state index is 12.3. The molecular weight excluding hydrogens is 300 g/mol. The molecule has 4 nitrogen and oxygen atoms in total. The third-order valence-electron chi connectivity index (χ3n) is 4.02. The van der Waals surface area contributed by atoms with E-state index < -0.39 is 11.8 Å². The molecule has 0 aliphatic carbocycles. The molecule has 2 rings (SSSR count). The molecule has 126 valence electrons. The highest BCUT2D eigenvalue weighted by molar-refractivity contribution is 6.39. The van der Waals surface area contributed by atoms with E-state index >= 15 is 0 Å². The van der Waals surface area contributed by atoms with E-state index in [1.54, 1.807) is 0 Å². The molecule has 0 bridgehead atoms. The normalized spacial score (nSPS) is 11.9. The predicted octanol–water partition coefficient (Wildman–Crippen LogP) is 3.93. The van der Waals surface area contributed by atoms with Crippen molar-refractivity contribution in [3.63, 3.8) is 0 Å². The van der Waals surface area contributed by atoms with E-state index in [9.17, 15) is 9.59 Å². The van der Waals surface area contributed by atoms with Crippen LogP contribution in [0.2, 0.25) is 0 Å². The molecule has 2 N–H and O–H groups in total. The molecular formula is C20H24N2O2. The first-order valence-corrected chi connectivity index (χ1v) is 8.16. The van der Waals surface area contributed by atoms with Crippen molar-refractivity contribution in [2.75, 3.05) is 5.32 Å². The van der Waals surface area contributed by atoms with Crippen LogP contribution in [0.4, 0.5) is 5.69 Å². The lowest BCUT2D eigenvalue weighted by Crippen LogP contribution is -2.37. The van der Waals surface area contributed by atoms with Crippen LogP contribution in [-0.2, 0) is 9.59 Å². The topological polar surface area (TPSA) is 58.2 Å². The molecule has 0 aliphatic rings.